The first kappa shape index (κ1) is 17.8. The monoisotopic (exact) mass is 262 g/mol. The maximum Gasteiger partial charge on any atom is 0.0800 e. The first-order chi connectivity index (χ1) is 8.72. The molecule has 2 unspecified atom stereocenters. The Bertz CT molecular complexity index is 164. The average molecular weight is 262 g/mol. The van der Waals surface area contributed by atoms with E-state index in [0.29, 0.717) is 19.3 Å². The Morgan fingerprint density at radius 1 is 0.500 bits per heavy atom. The molecule has 0 aliphatic carbocycles. The Labute approximate surface area is 111 Å². The summed E-state index contributed by atoms with van der Waals surface area (Å²) in [5.74, 6) is 0. The molecule has 0 fully saturated rings. The lowest BCUT2D eigenvalue weighted by molar-refractivity contribution is 0.00522. The lowest BCUT2D eigenvalue weighted by Crippen LogP contribution is -2.25. The van der Waals surface area contributed by atoms with E-state index in [2.05, 4.69) is 0 Å². The van der Waals surface area contributed by atoms with Crippen molar-refractivity contribution in [2.75, 3.05) is 13.2 Å². The SMILES string of the molecule is OCCCCCCCCCC(O)C(O)CCCO. The summed E-state index contributed by atoms with van der Waals surface area (Å²) < 4.78 is 0. The molecule has 0 amide bonds. The van der Waals surface area contributed by atoms with Crippen LogP contribution >= 0.6 is 0 Å². The van der Waals surface area contributed by atoms with Gasteiger partial charge in [0.15, 0.2) is 0 Å². The molecule has 4 nitrogen and oxygen atoms in total. The van der Waals surface area contributed by atoms with Crippen LogP contribution in [0.4, 0.5) is 0 Å². The number of unbranched alkanes of at least 4 members (excludes halogenated alkanes) is 6. The predicted molar refractivity (Wildman–Crippen MR) is 72.4 cm³/mol. The molecule has 0 aliphatic rings. The molecule has 0 aromatic rings. The van der Waals surface area contributed by atoms with Gasteiger partial charge in [-0.25, -0.2) is 0 Å². The fourth-order valence-electron chi connectivity index (χ4n) is 2.03. The van der Waals surface area contributed by atoms with Crippen molar-refractivity contribution in [3.63, 3.8) is 0 Å². The summed E-state index contributed by atoms with van der Waals surface area (Å²) in [6, 6.07) is 0. The molecule has 4 heteroatoms. The van der Waals surface area contributed by atoms with Gasteiger partial charge < -0.3 is 20.4 Å². The topological polar surface area (TPSA) is 80.9 Å². The summed E-state index contributed by atoms with van der Waals surface area (Å²) in [6.45, 7) is 0.357. The highest BCUT2D eigenvalue weighted by Crippen LogP contribution is 2.13. The van der Waals surface area contributed by atoms with E-state index >= 15 is 0 Å². The third kappa shape index (κ3) is 11.0. The Balaban J connectivity index is 3.26. The van der Waals surface area contributed by atoms with Crippen LogP contribution in [0, 0.1) is 0 Å². The van der Waals surface area contributed by atoms with Crippen molar-refractivity contribution >= 4 is 0 Å². The van der Waals surface area contributed by atoms with E-state index in [-0.39, 0.29) is 13.2 Å². The fraction of sp³-hybridized carbons (Fsp3) is 1.00. The zero-order valence-electron chi connectivity index (χ0n) is 11.4. The molecule has 110 valence electrons. The number of rotatable bonds is 13. The predicted octanol–water partition coefficient (Wildman–Crippen LogP) is 1.59. The molecule has 0 aliphatic heterocycles. The van der Waals surface area contributed by atoms with Crippen molar-refractivity contribution in [1.82, 2.24) is 0 Å². The summed E-state index contributed by atoms with van der Waals surface area (Å²) in [5.41, 5.74) is 0. The van der Waals surface area contributed by atoms with Crippen molar-refractivity contribution < 1.29 is 20.4 Å². The number of hydrogen-bond acceptors (Lipinski definition) is 4. The van der Waals surface area contributed by atoms with Crippen molar-refractivity contribution in [1.29, 1.82) is 0 Å². The normalized spacial score (nSPS) is 14.7. The van der Waals surface area contributed by atoms with Crippen LogP contribution in [0.2, 0.25) is 0 Å². The highest BCUT2D eigenvalue weighted by Gasteiger charge is 2.14. The smallest absolute Gasteiger partial charge is 0.0800 e. The molecule has 0 radical (unpaired) electrons. The van der Waals surface area contributed by atoms with Crippen LogP contribution in [0.25, 0.3) is 0 Å². The molecule has 0 spiro atoms. The van der Waals surface area contributed by atoms with Crippen molar-refractivity contribution in [2.24, 2.45) is 0 Å². The van der Waals surface area contributed by atoms with Crippen molar-refractivity contribution in [3.8, 4) is 0 Å². The molecular weight excluding hydrogens is 232 g/mol. The second-order valence-corrected chi connectivity index (χ2v) is 4.99. The molecule has 0 saturated heterocycles. The fourth-order valence-corrected chi connectivity index (χ4v) is 2.03. The largest absolute Gasteiger partial charge is 0.396 e. The van der Waals surface area contributed by atoms with Crippen molar-refractivity contribution in [3.05, 3.63) is 0 Å². The van der Waals surface area contributed by atoms with Crippen LogP contribution in [-0.2, 0) is 0 Å². The molecule has 18 heavy (non-hydrogen) atoms. The van der Waals surface area contributed by atoms with Gasteiger partial charge in [0.2, 0.25) is 0 Å². The van der Waals surface area contributed by atoms with Crippen LogP contribution in [0.3, 0.4) is 0 Å². The lowest BCUT2D eigenvalue weighted by Gasteiger charge is -2.17. The van der Waals surface area contributed by atoms with Gasteiger partial charge in [0.05, 0.1) is 12.2 Å². The maximum atomic E-state index is 9.66. The Kier molecular flexibility index (Phi) is 13.2. The Morgan fingerprint density at radius 2 is 0.889 bits per heavy atom. The van der Waals surface area contributed by atoms with Gasteiger partial charge in [-0.3, -0.25) is 0 Å². The summed E-state index contributed by atoms with van der Waals surface area (Å²) in [5, 5.41) is 36.5. The van der Waals surface area contributed by atoms with Crippen molar-refractivity contribution in [2.45, 2.75) is 76.4 Å². The van der Waals surface area contributed by atoms with E-state index in [4.69, 9.17) is 10.2 Å². The third-order valence-corrected chi connectivity index (χ3v) is 3.26. The van der Waals surface area contributed by atoms with Gasteiger partial charge in [-0.15, -0.1) is 0 Å². The summed E-state index contributed by atoms with van der Waals surface area (Å²) in [4.78, 5) is 0. The molecule has 0 aromatic carbocycles. The molecule has 0 heterocycles. The van der Waals surface area contributed by atoms with Gasteiger partial charge in [-0.2, -0.15) is 0 Å². The standard InChI is InChI=1S/C14H30O4/c15-11-7-5-3-1-2-4-6-9-13(17)14(18)10-8-12-16/h13-18H,1-12H2. The van der Waals surface area contributed by atoms with E-state index in [9.17, 15) is 10.2 Å². The molecule has 2 atom stereocenters. The van der Waals surface area contributed by atoms with Crippen LogP contribution in [0.1, 0.15) is 64.2 Å². The second kappa shape index (κ2) is 13.3. The zero-order chi connectivity index (χ0) is 13.6. The minimum Gasteiger partial charge on any atom is -0.396 e. The van der Waals surface area contributed by atoms with Gasteiger partial charge in [0.25, 0.3) is 0 Å². The molecule has 0 bridgehead atoms. The number of aliphatic hydroxyl groups excluding tert-OH is 4. The Hall–Kier alpha value is -0.160. The van der Waals surface area contributed by atoms with E-state index in [1.54, 1.807) is 0 Å². The average Bonchev–Trinajstić information content (AvgIpc) is 2.38. The van der Waals surface area contributed by atoms with Gasteiger partial charge in [-0.1, -0.05) is 38.5 Å². The van der Waals surface area contributed by atoms with Crippen LogP contribution in [0.5, 0.6) is 0 Å². The van der Waals surface area contributed by atoms with Gasteiger partial charge in [0, 0.05) is 13.2 Å². The molecule has 0 rings (SSSR count). The summed E-state index contributed by atoms with van der Waals surface area (Å²) in [6.07, 6.45) is 7.85. The minimum atomic E-state index is -0.693. The van der Waals surface area contributed by atoms with Gasteiger partial charge in [0.1, 0.15) is 0 Å². The van der Waals surface area contributed by atoms with E-state index in [0.717, 1.165) is 32.1 Å². The second-order valence-electron chi connectivity index (χ2n) is 4.99. The van der Waals surface area contributed by atoms with Crippen LogP contribution < -0.4 is 0 Å². The summed E-state index contributed by atoms with van der Waals surface area (Å²) in [7, 11) is 0. The van der Waals surface area contributed by atoms with Gasteiger partial charge >= 0.3 is 0 Å². The molecule has 0 aromatic heterocycles. The maximum absolute atomic E-state index is 9.66. The molecule has 4 N–H and O–H groups in total. The first-order valence-electron chi connectivity index (χ1n) is 7.30. The molecule has 0 saturated carbocycles. The number of hydrogen-bond donors (Lipinski definition) is 4. The highest BCUT2D eigenvalue weighted by molar-refractivity contribution is 4.67. The first-order valence-corrected chi connectivity index (χ1v) is 7.30. The van der Waals surface area contributed by atoms with E-state index in [1.807, 2.05) is 0 Å². The van der Waals surface area contributed by atoms with Gasteiger partial charge in [-0.05, 0) is 25.7 Å². The highest BCUT2D eigenvalue weighted by atomic mass is 16.3. The summed E-state index contributed by atoms with van der Waals surface area (Å²) >= 11 is 0. The Morgan fingerprint density at radius 3 is 1.39 bits per heavy atom. The minimum absolute atomic E-state index is 0.0671. The van der Waals surface area contributed by atoms with Crippen LogP contribution in [0.15, 0.2) is 0 Å². The lowest BCUT2D eigenvalue weighted by atomic mass is 10.0. The van der Waals surface area contributed by atoms with E-state index in [1.165, 1.54) is 12.8 Å². The zero-order valence-corrected chi connectivity index (χ0v) is 11.4. The van der Waals surface area contributed by atoms with Crippen LogP contribution in [-0.4, -0.2) is 45.8 Å². The quantitative estimate of drug-likeness (QED) is 0.380. The number of aliphatic hydroxyl groups is 4. The van der Waals surface area contributed by atoms with E-state index < -0.39 is 12.2 Å². The molecular formula is C14H30O4. The third-order valence-electron chi connectivity index (χ3n) is 3.26.